The van der Waals surface area contributed by atoms with Gasteiger partial charge >= 0.3 is 5.97 Å². The lowest BCUT2D eigenvalue weighted by Crippen LogP contribution is -2.36. The van der Waals surface area contributed by atoms with Gasteiger partial charge in [0.05, 0.1) is 17.4 Å². The third-order valence-electron chi connectivity index (χ3n) is 6.33. The third-order valence-corrected chi connectivity index (χ3v) is 7.54. The molecular weight excluding hydrogens is 412 g/mol. The van der Waals surface area contributed by atoms with E-state index in [2.05, 4.69) is 10.6 Å². The maximum atomic E-state index is 13.3. The Hall–Kier alpha value is -2.67. The molecule has 0 radical (unpaired) electrons. The minimum atomic E-state index is -0.914. The van der Waals surface area contributed by atoms with Crippen LogP contribution in [0.5, 0.6) is 0 Å². The molecule has 1 aromatic carbocycles. The average Bonchev–Trinajstić information content (AvgIpc) is 3.11. The van der Waals surface area contributed by atoms with Gasteiger partial charge in [-0.1, -0.05) is 25.0 Å². The van der Waals surface area contributed by atoms with Gasteiger partial charge in [0.15, 0.2) is 0 Å². The predicted molar refractivity (Wildman–Crippen MR) is 122 cm³/mol. The van der Waals surface area contributed by atoms with Gasteiger partial charge < -0.3 is 15.7 Å². The number of amides is 2. The molecule has 1 saturated carbocycles. The molecule has 3 N–H and O–H groups in total. The van der Waals surface area contributed by atoms with Crippen molar-refractivity contribution in [3.05, 3.63) is 45.8 Å². The van der Waals surface area contributed by atoms with E-state index in [-0.39, 0.29) is 11.8 Å². The molecule has 2 aliphatic rings. The molecule has 4 rings (SSSR count). The van der Waals surface area contributed by atoms with Gasteiger partial charge in [0.1, 0.15) is 5.00 Å². The van der Waals surface area contributed by atoms with Crippen molar-refractivity contribution < 1.29 is 19.5 Å². The zero-order valence-corrected chi connectivity index (χ0v) is 18.5. The lowest BCUT2D eigenvalue weighted by atomic mass is 9.78. The van der Waals surface area contributed by atoms with Crippen molar-refractivity contribution in [2.45, 2.75) is 58.3 Å². The Morgan fingerprint density at radius 3 is 2.48 bits per heavy atom. The first-order valence-corrected chi connectivity index (χ1v) is 11.8. The van der Waals surface area contributed by atoms with Gasteiger partial charge in [0.2, 0.25) is 5.91 Å². The topological polar surface area (TPSA) is 95.5 Å². The van der Waals surface area contributed by atoms with Crippen molar-refractivity contribution in [1.82, 2.24) is 0 Å². The number of thiophene rings is 1. The molecule has 2 atom stereocenters. The van der Waals surface area contributed by atoms with Crippen molar-refractivity contribution in [3.8, 4) is 0 Å². The number of rotatable bonds is 5. The highest BCUT2D eigenvalue weighted by Gasteiger charge is 2.37. The zero-order valence-electron chi connectivity index (χ0n) is 17.7. The number of anilines is 2. The molecule has 31 heavy (non-hydrogen) atoms. The summed E-state index contributed by atoms with van der Waals surface area (Å²) >= 11 is 1.47. The summed E-state index contributed by atoms with van der Waals surface area (Å²) in [5, 5.41) is 16.0. The summed E-state index contributed by atoms with van der Waals surface area (Å²) in [6.07, 6.45) is 6.59. The molecule has 1 heterocycles. The van der Waals surface area contributed by atoms with Gasteiger partial charge in [-0.05, 0) is 68.7 Å². The SMILES string of the molecule is Cc1cccc(NC(=O)c2c(NC(=O)[C@H]3CCCC[C@@H]3C(=O)O)sc3c2CCCC3)c1. The van der Waals surface area contributed by atoms with Gasteiger partial charge in [-0.2, -0.15) is 0 Å². The second kappa shape index (κ2) is 9.22. The van der Waals surface area contributed by atoms with E-state index in [9.17, 15) is 19.5 Å². The van der Waals surface area contributed by atoms with Crippen LogP contribution in [0.25, 0.3) is 0 Å². The first kappa shape index (κ1) is 21.6. The van der Waals surface area contributed by atoms with E-state index in [1.54, 1.807) is 0 Å². The van der Waals surface area contributed by atoms with Crippen molar-refractivity contribution in [2.75, 3.05) is 10.6 Å². The summed E-state index contributed by atoms with van der Waals surface area (Å²) in [6, 6.07) is 7.62. The molecule has 1 fully saturated rings. The first-order chi connectivity index (χ1) is 14.9. The van der Waals surface area contributed by atoms with Crippen LogP contribution in [0.4, 0.5) is 10.7 Å². The number of hydrogen-bond donors (Lipinski definition) is 3. The van der Waals surface area contributed by atoms with Crippen molar-refractivity contribution >= 4 is 39.8 Å². The molecule has 6 nitrogen and oxygen atoms in total. The molecule has 0 bridgehead atoms. The number of fused-ring (bicyclic) bond motifs is 1. The van der Waals surface area contributed by atoms with Crippen LogP contribution in [0.1, 0.15) is 64.9 Å². The monoisotopic (exact) mass is 440 g/mol. The number of carboxylic acids is 1. The fourth-order valence-electron chi connectivity index (χ4n) is 4.76. The normalized spacial score (nSPS) is 20.5. The Kier molecular flexibility index (Phi) is 6.41. The number of carbonyl (C=O) groups is 3. The third kappa shape index (κ3) is 4.66. The van der Waals surface area contributed by atoms with Crippen LogP contribution < -0.4 is 10.6 Å². The highest BCUT2D eigenvalue weighted by Crippen LogP contribution is 2.40. The number of nitrogens with one attached hydrogen (secondary N) is 2. The smallest absolute Gasteiger partial charge is 0.307 e. The van der Waals surface area contributed by atoms with E-state index in [0.29, 0.717) is 23.4 Å². The van der Waals surface area contributed by atoms with E-state index >= 15 is 0 Å². The van der Waals surface area contributed by atoms with Crippen LogP contribution in [0.15, 0.2) is 24.3 Å². The van der Waals surface area contributed by atoms with Crippen molar-refractivity contribution in [3.63, 3.8) is 0 Å². The molecule has 0 saturated heterocycles. The number of hydrogen-bond acceptors (Lipinski definition) is 4. The van der Waals surface area contributed by atoms with E-state index in [4.69, 9.17) is 0 Å². The fraction of sp³-hybridized carbons (Fsp3) is 0.458. The van der Waals surface area contributed by atoms with Crippen LogP contribution in [-0.4, -0.2) is 22.9 Å². The molecule has 1 aromatic heterocycles. The maximum absolute atomic E-state index is 13.3. The fourth-order valence-corrected chi connectivity index (χ4v) is 6.05. The summed E-state index contributed by atoms with van der Waals surface area (Å²) < 4.78 is 0. The van der Waals surface area contributed by atoms with Gasteiger partial charge in [0.25, 0.3) is 5.91 Å². The van der Waals surface area contributed by atoms with E-state index in [1.807, 2.05) is 31.2 Å². The molecule has 2 amide bonds. The molecule has 164 valence electrons. The molecule has 0 spiro atoms. The first-order valence-electron chi connectivity index (χ1n) is 11.0. The van der Waals surface area contributed by atoms with E-state index in [1.165, 1.54) is 11.3 Å². The summed E-state index contributed by atoms with van der Waals surface area (Å²) in [6.45, 7) is 1.97. The van der Waals surface area contributed by atoms with Crippen LogP contribution in [0, 0.1) is 18.8 Å². The number of carbonyl (C=O) groups excluding carboxylic acids is 2. The van der Waals surface area contributed by atoms with E-state index < -0.39 is 17.8 Å². The van der Waals surface area contributed by atoms with Gasteiger partial charge in [-0.25, -0.2) is 0 Å². The highest BCUT2D eigenvalue weighted by atomic mass is 32.1. The van der Waals surface area contributed by atoms with E-state index in [0.717, 1.165) is 60.2 Å². The van der Waals surface area contributed by atoms with Gasteiger partial charge in [-0.15, -0.1) is 11.3 Å². The zero-order chi connectivity index (χ0) is 22.0. The molecule has 7 heteroatoms. The van der Waals surface area contributed by atoms with Gasteiger partial charge in [-0.3, -0.25) is 14.4 Å². The summed E-state index contributed by atoms with van der Waals surface area (Å²) in [5.74, 6) is -2.64. The number of aliphatic carboxylic acids is 1. The lowest BCUT2D eigenvalue weighted by Gasteiger charge is -2.27. The largest absolute Gasteiger partial charge is 0.481 e. The summed E-state index contributed by atoms with van der Waals surface area (Å²) in [7, 11) is 0. The Bertz CT molecular complexity index is 1010. The summed E-state index contributed by atoms with van der Waals surface area (Å²) in [5.41, 5.74) is 3.33. The second-order valence-corrected chi connectivity index (χ2v) is 9.67. The van der Waals surface area contributed by atoms with Crippen LogP contribution in [0.3, 0.4) is 0 Å². The Labute approximate surface area is 186 Å². The number of carboxylic acid groups (broad SMARTS) is 1. The summed E-state index contributed by atoms with van der Waals surface area (Å²) in [4.78, 5) is 39.1. The molecule has 0 aliphatic heterocycles. The van der Waals surface area contributed by atoms with Crippen LogP contribution >= 0.6 is 11.3 Å². The van der Waals surface area contributed by atoms with Crippen LogP contribution in [0.2, 0.25) is 0 Å². The Balaban J connectivity index is 1.61. The lowest BCUT2D eigenvalue weighted by molar-refractivity contribution is -0.147. The maximum Gasteiger partial charge on any atom is 0.307 e. The van der Waals surface area contributed by atoms with Crippen molar-refractivity contribution in [1.29, 1.82) is 0 Å². The van der Waals surface area contributed by atoms with Crippen molar-refractivity contribution in [2.24, 2.45) is 11.8 Å². The molecule has 2 aromatic rings. The molecule has 0 unspecified atom stereocenters. The predicted octanol–water partition coefficient (Wildman–Crippen LogP) is 5.02. The molecule has 2 aliphatic carbocycles. The standard InChI is InChI=1S/C24H28N2O4S/c1-14-7-6-8-15(13-14)25-22(28)20-18-11-4-5-12-19(18)31-23(20)26-21(27)16-9-2-3-10-17(16)24(29)30/h6-8,13,16-17H,2-5,9-12H2,1H3,(H,25,28)(H,26,27)(H,29,30)/t16-,17-/m0/s1. The minimum Gasteiger partial charge on any atom is -0.481 e. The quantitative estimate of drug-likeness (QED) is 0.608. The van der Waals surface area contributed by atoms with Gasteiger partial charge in [0, 0.05) is 10.6 Å². The van der Waals surface area contributed by atoms with Crippen LogP contribution in [-0.2, 0) is 22.4 Å². The second-order valence-electron chi connectivity index (χ2n) is 8.56. The number of benzene rings is 1. The average molecular weight is 441 g/mol. The molecular formula is C24H28N2O4S. The number of aryl methyl sites for hydroxylation is 2. The minimum absolute atomic E-state index is 0.223. The highest BCUT2D eigenvalue weighted by molar-refractivity contribution is 7.17. The Morgan fingerprint density at radius 1 is 1.00 bits per heavy atom. The Morgan fingerprint density at radius 2 is 1.74 bits per heavy atom.